The molecule has 1 aliphatic heterocycles. The number of nitrogens with one attached hydrogen (secondary N) is 1. The third kappa shape index (κ3) is 4.28. The van der Waals surface area contributed by atoms with Crippen LogP contribution in [-0.2, 0) is 0 Å². The van der Waals surface area contributed by atoms with Gasteiger partial charge in [0, 0.05) is 24.7 Å². The van der Waals surface area contributed by atoms with Crippen LogP contribution < -0.4 is 10.1 Å². The molecule has 2 aromatic rings. The van der Waals surface area contributed by atoms with Gasteiger partial charge in [-0.15, -0.1) is 0 Å². The van der Waals surface area contributed by atoms with Crippen molar-refractivity contribution in [1.82, 2.24) is 4.90 Å². The van der Waals surface area contributed by atoms with Gasteiger partial charge in [-0.2, -0.15) is 0 Å². The number of piperidine rings is 1. The fourth-order valence-corrected chi connectivity index (χ4v) is 3.04. The Hall–Kier alpha value is -2.49. The summed E-state index contributed by atoms with van der Waals surface area (Å²) in [5.74, 6) is 1.31. The molecule has 0 saturated carbocycles. The molecule has 126 valence electrons. The van der Waals surface area contributed by atoms with Crippen molar-refractivity contribution in [3.63, 3.8) is 0 Å². The summed E-state index contributed by atoms with van der Waals surface area (Å²) >= 11 is 0. The summed E-state index contributed by atoms with van der Waals surface area (Å²) in [5.41, 5.74) is 1.98. The number of para-hydroxylation sites is 2. The Morgan fingerprint density at radius 3 is 2.71 bits per heavy atom. The summed E-state index contributed by atoms with van der Waals surface area (Å²) in [6.45, 7) is 4.25. The van der Waals surface area contributed by atoms with Crippen LogP contribution in [-0.4, -0.2) is 30.6 Å². The SMILES string of the molecule is Cc1ccccc1OCC1CCCN(C(=O)Nc2ccccc2)C1. The number of hydrogen-bond acceptors (Lipinski definition) is 2. The predicted molar refractivity (Wildman–Crippen MR) is 96.4 cm³/mol. The van der Waals surface area contributed by atoms with E-state index >= 15 is 0 Å². The predicted octanol–water partition coefficient (Wildman–Crippen LogP) is 4.32. The minimum Gasteiger partial charge on any atom is -0.493 e. The molecule has 4 heteroatoms. The highest BCUT2D eigenvalue weighted by atomic mass is 16.5. The van der Waals surface area contributed by atoms with Gasteiger partial charge in [-0.25, -0.2) is 4.79 Å². The van der Waals surface area contributed by atoms with E-state index in [-0.39, 0.29) is 6.03 Å². The monoisotopic (exact) mass is 324 g/mol. The lowest BCUT2D eigenvalue weighted by Gasteiger charge is -2.32. The molecular weight excluding hydrogens is 300 g/mol. The quantitative estimate of drug-likeness (QED) is 0.910. The van der Waals surface area contributed by atoms with Crippen LogP contribution in [0.1, 0.15) is 18.4 Å². The molecule has 2 aromatic carbocycles. The average Bonchev–Trinajstić information content (AvgIpc) is 2.62. The van der Waals surface area contributed by atoms with E-state index in [1.807, 2.05) is 53.4 Å². The summed E-state index contributed by atoms with van der Waals surface area (Å²) in [5, 5.41) is 2.96. The highest BCUT2D eigenvalue weighted by molar-refractivity contribution is 5.89. The van der Waals surface area contributed by atoms with Crippen LogP contribution in [0.15, 0.2) is 54.6 Å². The second-order valence-electron chi connectivity index (χ2n) is 6.33. The van der Waals surface area contributed by atoms with Crippen molar-refractivity contribution in [2.24, 2.45) is 5.92 Å². The molecule has 3 rings (SSSR count). The van der Waals surface area contributed by atoms with E-state index in [1.165, 1.54) is 0 Å². The van der Waals surface area contributed by atoms with E-state index in [4.69, 9.17) is 4.74 Å². The molecule has 24 heavy (non-hydrogen) atoms. The van der Waals surface area contributed by atoms with Crippen molar-refractivity contribution in [3.8, 4) is 5.75 Å². The third-order valence-corrected chi connectivity index (χ3v) is 4.40. The topological polar surface area (TPSA) is 41.6 Å². The molecule has 1 saturated heterocycles. The lowest BCUT2D eigenvalue weighted by atomic mass is 9.99. The van der Waals surface area contributed by atoms with E-state index in [0.29, 0.717) is 12.5 Å². The van der Waals surface area contributed by atoms with Crippen LogP contribution in [0.2, 0.25) is 0 Å². The summed E-state index contributed by atoms with van der Waals surface area (Å²) in [6, 6.07) is 17.6. The molecule has 1 atom stereocenters. The fraction of sp³-hybridized carbons (Fsp3) is 0.350. The molecule has 0 radical (unpaired) electrons. The minimum atomic E-state index is -0.0261. The number of carbonyl (C=O) groups is 1. The molecule has 0 aliphatic carbocycles. The van der Waals surface area contributed by atoms with Crippen molar-refractivity contribution in [2.45, 2.75) is 19.8 Å². The number of likely N-dealkylation sites (tertiary alicyclic amines) is 1. The molecule has 1 heterocycles. The third-order valence-electron chi connectivity index (χ3n) is 4.40. The Bertz CT molecular complexity index is 672. The first-order valence-electron chi connectivity index (χ1n) is 8.52. The number of carbonyl (C=O) groups excluding carboxylic acids is 1. The van der Waals surface area contributed by atoms with Crippen LogP contribution in [0.3, 0.4) is 0 Å². The van der Waals surface area contributed by atoms with E-state index in [2.05, 4.69) is 18.3 Å². The van der Waals surface area contributed by atoms with E-state index < -0.39 is 0 Å². The van der Waals surface area contributed by atoms with Gasteiger partial charge in [0.05, 0.1) is 6.61 Å². The number of ether oxygens (including phenoxy) is 1. The lowest BCUT2D eigenvalue weighted by Crippen LogP contribution is -2.43. The Balaban J connectivity index is 1.52. The van der Waals surface area contributed by atoms with Crippen molar-refractivity contribution >= 4 is 11.7 Å². The van der Waals surface area contributed by atoms with Crippen LogP contribution in [0.4, 0.5) is 10.5 Å². The second-order valence-corrected chi connectivity index (χ2v) is 6.33. The zero-order chi connectivity index (χ0) is 16.8. The fourth-order valence-electron chi connectivity index (χ4n) is 3.04. The summed E-state index contributed by atoms with van der Waals surface area (Å²) in [6.07, 6.45) is 2.12. The second kappa shape index (κ2) is 7.86. The van der Waals surface area contributed by atoms with Crippen molar-refractivity contribution < 1.29 is 9.53 Å². The number of amides is 2. The first kappa shape index (κ1) is 16.4. The van der Waals surface area contributed by atoms with Crippen molar-refractivity contribution in [3.05, 3.63) is 60.2 Å². The Labute approximate surface area is 143 Å². The largest absolute Gasteiger partial charge is 0.493 e. The molecule has 4 nitrogen and oxygen atoms in total. The summed E-state index contributed by atoms with van der Waals surface area (Å²) < 4.78 is 5.96. The Kier molecular flexibility index (Phi) is 5.36. The minimum absolute atomic E-state index is 0.0261. The number of rotatable bonds is 4. The molecule has 0 spiro atoms. The van der Waals surface area contributed by atoms with Crippen LogP contribution in [0, 0.1) is 12.8 Å². The standard InChI is InChI=1S/C20H24N2O2/c1-16-8-5-6-12-19(16)24-15-17-9-7-13-22(14-17)20(23)21-18-10-3-2-4-11-18/h2-6,8,10-12,17H,7,9,13-15H2,1H3,(H,21,23). The Morgan fingerprint density at radius 1 is 1.17 bits per heavy atom. The summed E-state index contributed by atoms with van der Waals surface area (Å²) in [4.78, 5) is 14.3. The molecule has 1 N–H and O–H groups in total. The molecule has 0 bridgehead atoms. The number of urea groups is 1. The van der Waals surface area contributed by atoms with Gasteiger partial charge in [0.2, 0.25) is 0 Å². The Morgan fingerprint density at radius 2 is 1.92 bits per heavy atom. The first-order valence-corrected chi connectivity index (χ1v) is 8.52. The van der Waals surface area contributed by atoms with Crippen LogP contribution in [0.5, 0.6) is 5.75 Å². The van der Waals surface area contributed by atoms with Gasteiger partial charge in [0.1, 0.15) is 5.75 Å². The van der Waals surface area contributed by atoms with E-state index in [9.17, 15) is 4.79 Å². The number of benzene rings is 2. The number of nitrogens with zero attached hydrogens (tertiary/aromatic N) is 1. The van der Waals surface area contributed by atoms with E-state index in [1.54, 1.807) is 0 Å². The first-order chi connectivity index (χ1) is 11.7. The van der Waals surface area contributed by atoms with Crippen LogP contribution in [0.25, 0.3) is 0 Å². The van der Waals surface area contributed by atoms with Crippen molar-refractivity contribution in [2.75, 3.05) is 25.0 Å². The maximum atomic E-state index is 12.4. The van der Waals surface area contributed by atoms with Gasteiger partial charge >= 0.3 is 6.03 Å². The normalized spacial score (nSPS) is 17.4. The highest BCUT2D eigenvalue weighted by Gasteiger charge is 2.24. The van der Waals surface area contributed by atoms with Gasteiger partial charge in [-0.05, 0) is 43.5 Å². The molecule has 1 unspecified atom stereocenters. The van der Waals surface area contributed by atoms with Gasteiger partial charge in [0.25, 0.3) is 0 Å². The summed E-state index contributed by atoms with van der Waals surface area (Å²) in [7, 11) is 0. The van der Waals surface area contributed by atoms with Crippen LogP contribution >= 0.6 is 0 Å². The van der Waals surface area contributed by atoms with Gasteiger partial charge in [-0.1, -0.05) is 36.4 Å². The van der Waals surface area contributed by atoms with E-state index in [0.717, 1.165) is 42.9 Å². The smallest absolute Gasteiger partial charge is 0.321 e. The van der Waals surface area contributed by atoms with Gasteiger partial charge in [0.15, 0.2) is 0 Å². The maximum Gasteiger partial charge on any atom is 0.321 e. The molecule has 1 aliphatic rings. The number of anilines is 1. The maximum absolute atomic E-state index is 12.4. The highest BCUT2D eigenvalue weighted by Crippen LogP contribution is 2.21. The van der Waals surface area contributed by atoms with Gasteiger partial charge in [-0.3, -0.25) is 0 Å². The molecule has 2 amide bonds. The average molecular weight is 324 g/mol. The van der Waals surface area contributed by atoms with Gasteiger partial charge < -0.3 is 15.0 Å². The number of aryl methyl sites for hydroxylation is 1. The molecular formula is C20H24N2O2. The molecule has 1 fully saturated rings. The lowest BCUT2D eigenvalue weighted by molar-refractivity contribution is 0.144. The molecule has 0 aromatic heterocycles. The van der Waals surface area contributed by atoms with Crippen molar-refractivity contribution in [1.29, 1.82) is 0 Å². The number of hydrogen-bond donors (Lipinski definition) is 1. The zero-order valence-electron chi connectivity index (χ0n) is 14.1. The zero-order valence-corrected chi connectivity index (χ0v) is 14.1.